The van der Waals surface area contributed by atoms with E-state index in [2.05, 4.69) is 15.5 Å². The predicted octanol–water partition coefficient (Wildman–Crippen LogP) is 0.880. The van der Waals surface area contributed by atoms with Gasteiger partial charge in [-0.2, -0.15) is 0 Å². The lowest BCUT2D eigenvalue weighted by Crippen LogP contribution is -2.42. The van der Waals surface area contributed by atoms with E-state index in [4.69, 9.17) is 0 Å². The van der Waals surface area contributed by atoms with Gasteiger partial charge in [0.05, 0.1) is 0 Å². The number of rotatable bonds is 4. The topological polar surface area (TPSA) is 81.8 Å². The van der Waals surface area contributed by atoms with Gasteiger partial charge in [-0.25, -0.2) is 4.79 Å². The number of carbonyl (C=O) groups excluding carboxylic acids is 3. The Hall–Kier alpha value is -2.41. The molecule has 7 heteroatoms. The molecule has 1 aromatic rings. The van der Waals surface area contributed by atoms with Crippen molar-refractivity contribution in [3.8, 4) is 0 Å². The van der Waals surface area contributed by atoms with Crippen molar-refractivity contribution in [3.05, 3.63) is 35.9 Å². The molecule has 2 N–H and O–H groups in total. The van der Waals surface area contributed by atoms with Crippen LogP contribution in [0, 0.1) is 0 Å². The predicted molar refractivity (Wildman–Crippen MR) is 92.7 cm³/mol. The Bertz CT molecular complexity index is 674. The van der Waals surface area contributed by atoms with Gasteiger partial charge in [0.2, 0.25) is 5.91 Å². The third kappa shape index (κ3) is 3.66. The summed E-state index contributed by atoms with van der Waals surface area (Å²) in [7, 11) is 0. The average molecular weight is 344 g/mol. The van der Waals surface area contributed by atoms with Crippen LogP contribution >= 0.6 is 0 Å². The van der Waals surface area contributed by atoms with Gasteiger partial charge in [0.25, 0.3) is 5.91 Å². The molecule has 0 aromatic heterocycles. The maximum absolute atomic E-state index is 12.3. The van der Waals surface area contributed by atoms with Gasteiger partial charge in [0, 0.05) is 38.6 Å². The zero-order chi connectivity index (χ0) is 18.0. The highest BCUT2D eigenvalue weighted by molar-refractivity contribution is 6.06. The zero-order valence-corrected chi connectivity index (χ0v) is 14.6. The normalized spacial score (nSPS) is 24.0. The number of hydrogen-bond donors (Lipinski definition) is 2. The maximum atomic E-state index is 12.3. The minimum Gasteiger partial charge on any atom is -0.355 e. The van der Waals surface area contributed by atoms with E-state index >= 15 is 0 Å². The standard InChI is InChI=1S/C18H24N4O3/c1-18(2)16(24)22(17(25)20-18)11-10-21-9-8-19-15(23)12-14(21)13-6-4-3-5-7-13/h3-7,14H,8-12H2,1-2H3,(H,19,23)(H,20,25). The molecule has 0 bridgehead atoms. The molecule has 2 fully saturated rings. The molecule has 0 radical (unpaired) electrons. The van der Waals surface area contributed by atoms with E-state index < -0.39 is 5.54 Å². The van der Waals surface area contributed by atoms with Crippen LogP contribution in [0.4, 0.5) is 4.79 Å². The summed E-state index contributed by atoms with van der Waals surface area (Å²) >= 11 is 0. The lowest BCUT2D eigenvalue weighted by molar-refractivity contribution is -0.130. The summed E-state index contributed by atoms with van der Waals surface area (Å²) in [6.45, 7) is 5.49. The van der Waals surface area contributed by atoms with Crippen LogP contribution in [0.3, 0.4) is 0 Å². The molecule has 7 nitrogen and oxygen atoms in total. The summed E-state index contributed by atoms with van der Waals surface area (Å²) in [5.41, 5.74) is 0.212. The van der Waals surface area contributed by atoms with E-state index in [0.29, 0.717) is 32.6 Å². The van der Waals surface area contributed by atoms with Gasteiger partial charge in [-0.1, -0.05) is 30.3 Å². The van der Waals surface area contributed by atoms with Crippen LogP contribution in [0.5, 0.6) is 0 Å². The van der Waals surface area contributed by atoms with Crippen molar-refractivity contribution in [2.75, 3.05) is 26.2 Å². The zero-order valence-electron chi connectivity index (χ0n) is 14.6. The van der Waals surface area contributed by atoms with Gasteiger partial charge in [-0.15, -0.1) is 0 Å². The molecule has 0 spiro atoms. The molecular formula is C18H24N4O3. The molecule has 0 aliphatic carbocycles. The summed E-state index contributed by atoms with van der Waals surface area (Å²) in [5, 5.41) is 5.59. The van der Waals surface area contributed by atoms with Crippen molar-refractivity contribution in [2.24, 2.45) is 0 Å². The molecule has 2 heterocycles. The Morgan fingerprint density at radius 3 is 2.48 bits per heavy atom. The number of hydrogen-bond acceptors (Lipinski definition) is 4. The first kappa shape index (κ1) is 17.4. The Kier molecular flexibility index (Phi) is 4.76. The van der Waals surface area contributed by atoms with Crippen LogP contribution in [0.25, 0.3) is 0 Å². The summed E-state index contributed by atoms with van der Waals surface area (Å²) in [5.74, 6) is -0.190. The van der Waals surface area contributed by atoms with Gasteiger partial charge >= 0.3 is 6.03 Å². The second-order valence-electron chi connectivity index (χ2n) is 7.03. The first-order valence-corrected chi connectivity index (χ1v) is 8.58. The fraction of sp³-hybridized carbons (Fsp3) is 0.500. The second-order valence-corrected chi connectivity index (χ2v) is 7.03. The molecule has 2 saturated heterocycles. The molecule has 1 unspecified atom stereocenters. The first-order valence-electron chi connectivity index (χ1n) is 8.58. The highest BCUT2D eigenvalue weighted by Gasteiger charge is 2.44. The lowest BCUT2D eigenvalue weighted by Gasteiger charge is -2.30. The summed E-state index contributed by atoms with van der Waals surface area (Å²) in [4.78, 5) is 39.8. The Morgan fingerprint density at radius 2 is 1.84 bits per heavy atom. The van der Waals surface area contributed by atoms with Crippen molar-refractivity contribution in [2.45, 2.75) is 31.8 Å². The van der Waals surface area contributed by atoms with E-state index in [1.165, 1.54) is 4.90 Å². The van der Waals surface area contributed by atoms with E-state index in [0.717, 1.165) is 5.56 Å². The van der Waals surface area contributed by atoms with E-state index in [-0.39, 0.29) is 23.9 Å². The van der Waals surface area contributed by atoms with Crippen molar-refractivity contribution in [1.82, 2.24) is 20.4 Å². The lowest BCUT2D eigenvalue weighted by atomic mass is 10.0. The molecule has 2 aliphatic rings. The van der Waals surface area contributed by atoms with Gasteiger partial charge in [-0.05, 0) is 19.4 Å². The van der Waals surface area contributed by atoms with Crippen LogP contribution in [0.1, 0.15) is 31.9 Å². The minimum absolute atomic E-state index is 0.0208. The summed E-state index contributed by atoms with van der Waals surface area (Å²) < 4.78 is 0. The highest BCUT2D eigenvalue weighted by atomic mass is 16.2. The Morgan fingerprint density at radius 1 is 1.12 bits per heavy atom. The van der Waals surface area contributed by atoms with Crippen LogP contribution < -0.4 is 10.6 Å². The van der Waals surface area contributed by atoms with Gasteiger partial charge in [0.15, 0.2) is 0 Å². The molecule has 0 saturated carbocycles. The number of nitrogens with one attached hydrogen (secondary N) is 2. The monoisotopic (exact) mass is 344 g/mol. The highest BCUT2D eigenvalue weighted by Crippen LogP contribution is 2.26. The van der Waals surface area contributed by atoms with E-state index in [1.54, 1.807) is 13.8 Å². The molecule has 4 amide bonds. The number of amides is 4. The number of benzene rings is 1. The van der Waals surface area contributed by atoms with Crippen molar-refractivity contribution >= 4 is 17.8 Å². The summed E-state index contributed by atoms with van der Waals surface area (Å²) in [6.07, 6.45) is 0.371. The van der Waals surface area contributed by atoms with Crippen molar-refractivity contribution in [1.29, 1.82) is 0 Å². The summed E-state index contributed by atoms with van der Waals surface area (Å²) in [6, 6.07) is 9.46. The third-order valence-electron chi connectivity index (χ3n) is 4.78. The van der Waals surface area contributed by atoms with Crippen LogP contribution in [-0.4, -0.2) is 59.4 Å². The van der Waals surface area contributed by atoms with E-state index in [1.807, 2.05) is 30.3 Å². The van der Waals surface area contributed by atoms with Gasteiger partial charge < -0.3 is 10.6 Å². The molecule has 134 valence electrons. The minimum atomic E-state index is -0.855. The van der Waals surface area contributed by atoms with Crippen molar-refractivity contribution in [3.63, 3.8) is 0 Å². The van der Waals surface area contributed by atoms with Crippen LogP contribution in [0.15, 0.2) is 30.3 Å². The SMILES string of the molecule is CC1(C)NC(=O)N(CCN2CCNC(=O)CC2c2ccccc2)C1=O. The number of imide groups is 1. The second kappa shape index (κ2) is 6.84. The number of carbonyl (C=O) groups is 3. The molecule has 1 atom stereocenters. The first-order chi connectivity index (χ1) is 11.9. The number of urea groups is 1. The molecule has 3 rings (SSSR count). The Labute approximate surface area is 147 Å². The van der Waals surface area contributed by atoms with Crippen LogP contribution in [-0.2, 0) is 9.59 Å². The van der Waals surface area contributed by atoms with Gasteiger partial charge in [-0.3, -0.25) is 19.4 Å². The number of nitrogens with zero attached hydrogens (tertiary/aromatic N) is 2. The largest absolute Gasteiger partial charge is 0.355 e. The Balaban J connectivity index is 1.73. The third-order valence-corrected chi connectivity index (χ3v) is 4.78. The van der Waals surface area contributed by atoms with Crippen LogP contribution in [0.2, 0.25) is 0 Å². The average Bonchev–Trinajstić information content (AvgIpc) is 2.71. The smallest absolute Gasteiger partial charge is 0.325 e. The fourth-order valence-electron chi connectivity index (χ4n) is 3.39. The maximum Gasteiger partial charge on any atom is 0.325 e. The molecule has 2 aliphatic heterocycles. The fourth-order valence-corrected chi connectivity index (χ4v) is 3.39. The molecular weight excluding hydrogens is 320 g/mol. The van der Waals surface area contributed by atoms with E-state index in [9.17, 15) is 14.4 Å². The molecule has 25 heavy (non-hydrogen) atoms. The van der Waals surface area contributed by atoms with Crippen molar-refractivity contribution < 1.29 is 14.4 Å². The molecule has 1 aromatic carbocycles. The van der Waals surface area contributed by atoms with Gasteiger partial charge in [0.1, 0.15) is 5.54 Å². The quantitative estimate of drug-likeness (QED) is 0.795.